The molecule has 0 aliphatic heterocycles. The van der Waals surface area contributed by atoms with Gasteiger partial charge in [-0.15, -0.1) is 11.3 Å². The van der Waals surface area contributed by atoms with E-state index in [4.69, 9.17) is 0 Å². The molecular formula is C17H24N2S. The van der Waals surface area contributed by atoms with E-state index in [0.29, 0.717) is 11.8 Å². The first-order valence-electron chi connectivity index (χ1n) is 7.29. The quantitative estimate of drug-likeness (QED) is 0.832. The van der Waals surface area contributed by atoms with Crippen LogP contribution < -0.4 is 5.32 Å². The Bertz CT molecular complexity index is 505. The first-order chi connectivity index (χ1) is 9.65. The summed E-state index contributed by atoms with van der Waals surface area (Å²) in [4.78, 5) is 4.44. The average molecular weight is 288 g/mol. The number of hydrogen-bond acceptors (Lipinski definition) is 3. The van der Waals surface area contributed by atoms with Crippen molar-refractivity contribution in [2.45, 2.75) is 33.1 Å². The zero-order chi connectivity index (χ0) is 14.4. The molecule has 0 bridgehead atoms. The average Bonchev–Trinajstić information content (AvgIpc) is 2.90. The van der Waals surface area contributed by atoms with Crippen LogP contribution in [0.25, 0.3) is 0 Å². The monoisotopic (exact) mass is 288 g/mol. The Balaban J connectivity index is 2.06. The molecule has 1 aromatic heterocycles. The largest absolute Gasteiger partial charge is 0.316 e. The second-order valence-electron chi connectivity index (χ2n) is 5.85. The van der Waals surface area contributed by atoms with Crippen LogP contribution >= 0.6 is 11.3 Å². The molecule has 2 aromatic rings. The Morgan fingerprint density at radius 1 is 1.25 bits per heavy atom. The Morgan fingerprint density at radius 3 is 2.75 bits per heavy atom. The molecule has 1 atom stereocenters. The van der Waals surface area contributed by atoms with Crippen molar-refractivity contribution in [2.24, 2.45) is 5.92 Å². The minimum Gasteiger partial charge on any atom is -0.316 e. The zero-order valence-electron chi connectivity index (χ0n) is 12.6. The van der Waals surface area contributed by atoms with E-state index < -0.39 is 0 Å². The fourth-order valence-corrected chi connectivity index (χ4v) is 2.94. The van der Waals surface area contributed by atoms with E-state index in [9.17, 15) is 0 Å². The van der Waals surface area contributed by atoms with Crippen molar-refractivity contribution in [1.82, 2.24) is 10.3 Å². The van der Waals surface area contributed by atoms with Crippen LogP contribution in [0.1, 0.15) is 36.6 Å². The fraction of sp³-hybridized carbons (Fsp3) is 0.471. The SMILES string of the molecule is Cc1cccc(C(CNCC(C)C)Cc2cscn2)c1. The number of rotatable bonds is 7. The van der Waals surface area contributed by atoms with E-state index in [-0.39, 0.29) is 0 Å². The summed E-state index contributed by atoms with van der Waals surface area (Å²) >= 11 is 1.68. The minimum absolute atomic E-state index is 0.496. The molecule has 0 saturated carbocycles. The van der Waals surface area contributed by atoms with Crippen LogP contribution in [0.5, 0.6) is 0 Å². The first-order valence-corrected chi connectivity index (χ1v) is 8.23. The number of aryl methyl sites for hydroxylation is 1. The molecule has 1 N–H and O–H groups in total. The predicted molar refractivity (Wildman–Crippen MR) is 87.4 cm³/mol. The summed E-state index contributed by atoms with van der Waals surface area (Å²) in [6.07, 6.45) is 1.01. The van der Waals surface area contributed by atoms with Gasteiger partial charge in [0.2, 0.25) is 0 Å². The summed E-state index contributed by atoms with van der Waals surface area (Å²) in [7, 11) is 0. The maximum absolute atomic E-state index is 4.44. The lowest BCUT2D eigenvalue weighted by Gasteiger charge is -2.18. The third-order valence-electron chi connectivity index (χ3n) is 3.40. The highest BCUT2D eigenvalue weighted by atomic mass is 32.1. The number of benzene rings is 1. The lowest BCUT2D eigenvalue weighted by molar-refractivity contribution is 0.512. The van der Waals surface area contributed by atoms with Gasteiger partial charge in [0.25, 0.3) is 0 Å². The smallest absolute Gasteiger partial charge is 0.0794 e. The van der Waals surface area contributed by atoms with Crippen LogP contribution in [-0.2, 0) is 6.42 Å². The maximum Gasteiger partial charge on any atom is 0.0794 e. The molecule has 0 spiro atoms. The summed E-state index contributed by atoms with van der Waals surface area (Å²) in [5.41, 5.74) is 5.86. The third kappa shape index (κ3) is 4.73. The van der Waals surface area contributed by atoms with E-state index in [1.54, 1.807) is 11.3 Å². The number of nitrogens with one attached hydrogen (secondary N) is 1. The van der Waals surface area contributed by atoms with E-state index in [2.05, 4.69) is 60.7 Å². The van der Waals surface area contributed by atoms with Gasteiger partial charge in [-0.3, -0.25) is 0 Å². The predicted octanol–water partition coefficient (Wildman–Crippen LogP) is 4.02. The molecule has 1 heterocycles. The van der Waals surface area contributed by atoms with Crippen LogP contribution in [0.15, 0.2) is 35.2 Å². The molecule has 1 unspecified atom stereocenters. The van der Waals surface area contributed by atoms with Crippen molar-refractivity contribution in [1.29, 1.82) is 0 Å². The van der Waals surface area contributed by atoms with Crippen molar-refractivity contribution in [3.8, 4) is 0 Å². The summed E-state index contributed by atoms with van der Waals surface area (Å²) < 4.78 is 0. The Hall–Kier alpha value is -1.19. The molecule has 3 heteroatoms. The molecule has 0 amide bonds. The van der Waals surface area contributed by atoms with Gasteiger partial charge in [-0.05, 0) is 31.4 Å². The molecule has 2 rings (SSSR count). The molecule has 108 valence electrons. The standard InChI is InChI=1S/C17H24N2S/c1-13(2)9-18-10-16(8-17-11-20-12-19-17)15-6-4-5-14(3)7-15/h4-7,11-13,16,18H,8-10H2,1-3H3. The van der Waals surface area contributed by atoms with E-state index in [1.807, 2.05) is 5.51 Å². The zero-order valence-corrected chi connectivity index (χ0v) is 13.4. The molecule has 0 radical (unpaired) electrons. The van der Waals surface area contributed by atoms with E-state index >= 15 is 0 Å². The van der Waals surface area contributed by atoms with Gasteiger partial charge in [0, 0.05) is 17.8 Å². The Kier molecular flexibility index (Phi) is 5.74. The number of hydrogen-bond donors (Lipinski definition) is 1. The van der Waals surface area contributed by atoms with Gasteiger partial charge in [-0.25, -0.2) is 4.98 Å². The van der Waals surface area contributed by atoms with Crippen molar-refractivity contribution in [3.05, 3.63) is 52.0 Å². The highest BCUT2D eigenvalue weighted by Gasteiger charge is 2.13. The summed E-state index contributed by atoms with van der Waals surface area (Å²) in [5.74, 6) is 1.18. The van der Waals surface area contributed by atoms with Gasteiger partial charge in [0.15, 0.2) is 0 Å². The van der Waals surface area contributed by atoms with Gasteiger partial charge < -0.3 is 5.32 Å². The van der Waals surface area contributed by atoms with Crippen LogP contribution in [0.3, 0.4) is 0 Å². The molecule has 0 fully saturated rings. The molecular weight excluding hydrogens is 264 g/mol. The Labute approximate surface area is 126 Å². The second kappa shape index (κ2) is 7.55. The van der Waals surface area contributed by atoms with Gasteiger partial charge in [0.05, 0.1) is 11.2 Å². The van der Waals surface area contributed by atoms with Gasteiger partial charge in [-0.2, -0.15) is 0 Å². The van der Waals surface area contributed by atoms with Crippen molar-refractivity contribution >= 4 is 11.3 Å². The normalized spacial score (nSPS) is 12.8. The maximum atomic E-state index is 4.44. The summed E-state index contributed by atoms with van der Waals surface area (Å²) in [5, 5.41) is 5.75. The summed E-state index contributed by atoms with van der Waals surface area (Å²) in [6.45, 7) is 8.73. The first kappa shape index (κ1) is 15.2. The number of nitrogens with zero attached hydrogens (tertiary/aromatic N) is 1. The van der Waals surface area contributed by atoms with Crippen molar-refractivity contribution in [3.63, 3.8) is 0 Å². The van der Waals surface area contributed by atoms with Crippen LogP contribution in [0.4, 0.5) is 0 Å². The van der Waals surface area contributed by atoms with E-state index in [1.165, 1.54) is 16.8 Å². The molecule has 0 aliphatic rings. The second-order valence-corrected chi connectivity index (χ2v) is 6.57. The Morgan fingerprint density at radius 2 is 2.10 bits per heavy atom. The van der Waals surface area contributed by atoms with Gasteiger partial charge in [0.1, 0.15) is 0 Å². The minimum atomic E-state index is 0.496. The topological polar surface area (TPSA) is 24.9 Å². The molecule has 20 heavy (non-hydrogen) atoms. The molecule has 0 saturated heterocycles. The van der Waals surface area contributed by atoms with E-state index in [0.717, 1.165) is 19.5 Å². The summed E-state index contributed by atoms with van der Waals surface area (Å²) in [6, 6.07) is 8.85. The lowest BCUT2D eigenvalue weighted by atomic mass is 9.93. The highest BCUT2D eigenvalue weighted by molar-refractivity contribution is 7.07. The molecule has 2 nitrogen and oxygen atoms in total. The number of aromatic nitrogens is 1. The van der Waals surface area contributed by atoms with Gasteiger partial charge >= 0.3 is 0 Å². The third-order valence-corrected chi connectivity index (χ3v) is 4.03. The molecule has 0 aliphatic carbocycles. The molecule has 1 aromatic carbocycles. The van der Waals surface area contributed by atoms with Gasteiger partial charge in [-0.1, -0.05) is 43.7 Å². The number of thiazole rings is 1. The van der Waals surface area contributed by atoms with Crippen molar-refractivity contribution in [2.75, 3.05) is 13.1 Å². The highest BCUT2D eigenvalue weighted by Crippen LogP contribution is 2.21. The fourth-order valence-electron chi connectivity index (χ4n) is 2.37. The van der Waals surface area contributed by atoms with Crippen LogP contribution in [-0.4, -0.2) is 18.1 Å². The lowest BCUT2D eigenvalue weighted by Crippen LogP contribution is -2.26. The van der Waals surface area contributed by atoms with Crippen molar-refractivity contribution < 1.29 is 0 Å². The van der Waals surface area contributed by atoms with Crippen LogP contribution in [0.2, 0.25) is 0 Å². The van der Waals surface area contributed by atoms with Crippen LogP contribution in [0, 0.1) is 12.8 Å².